The Kier molecular flexibility index (Phi) is 4.80. The minimum atomic E-state index is -0.346. The van der Waals surface area contributed by atoms with E-state index in [0.29, 0.717) is 12.5 Å². The molecule has 0 saturated carbocycles. The van der Waals surface area contributed by atoms with E-state index in [1.807, 2.05) is 30.8 Å². The molecule has 2 amide bonds. The predicted octanol–water partition coefficient (Wildman–Crippen LogP) is 2.16. The minimum Gasteiger partial charge on any atom is -0.367 e. The standard InChI is InChI=1S/C16H28N4O2/c1-12(11-20-8-6-7-18-20)10-17-14(21)19-13-9-15(2,3)22-16(13,4)5/h6-8,12-13H,9-11H2,1-5H3,(H2,17,19,21)/t12-,13+/m0/s1. The lowest BCUT2D eigenvalue weighted by Crippen LogP contribution is -2.50. The monoisotopic (exact) mass is 308 g/mol. The highest BCUT2D eigenvalue weighted by Gasteiger charge is 2.46. The summed E-state index contributed by atoms with van der Waals surface area (Å²) >= 11 is 0. The van der Waals surface area contributed by atoms with Gasteiger partial charge < -0.3 is 15.4 Å². The van der Waals surface area contributed by atoms with Crippen LogP contribution in [-0.4, -0.2) is 39.6 Å². The van der Waals surface area contributed by atoms with Crippen molar-refractivity contribution < 1.29 is 9.53 Å². The summed E-state index contributed by atoms with van der Waals surface area (Å²) in [7, 11) is 0. The van der Waals surface area contributed by atoms with E-state index < -0.39 is 0 Å². The highest BCUT2D eigenvalue weighted by molar-refractivity contribution is 5.74. The van der Waals surface area contributed by atoms with E-state index in [1.165, 1.54) is 0 Å². The van der Waals surface area contributed by atoms with Crippen LogP contribution in [0.1, 0.15) is 41.0 Å². The molecule has 1 aromatic heterocycles. The maximum atomic E-state index is 12.1. The van der Waals surface area contributed by atoms with Crippen molar-refractivity contribution in [2.45, 2.75) is 64.8 Å². The van der Waals surface area contributed by atoms with Gasteiger partial charge in [-0.15, -0.1) is 0 Å². The molecular formula is C16H28N4O2. The van der Waals surface area contributed by atoms with Crippen LogP contribution < -0.4 is 10.6 Å². The molecule has 2 heterocycles. The SMILES string of the molecule is C[C@@H](CNC(=O)N[C@@H]1CC(C)(C)OC1(C)C)Cn1cccn1. The van der Waals surface area contributed by atoms with Gasteiger partial charge in [0.15, 0.2) is 0 Å². The third-order valence-electron chi connectivity index (χ3n) is 4.05. The molecule has 2 N–H and O–H groups in total. The van der Waals surface area contributed by atoms with Crippen molar-refractivity contribution in [2.75, 3.05) is 6.54 Å². The largest absolute Gasteiger partial charge is 0.367 e. The van der Waals surface area contributed by atoms with Gasteiger partial charge in [-0.2, -0.15) is 5.10 Å². The van der Waals surface area contributed by atoms with Crippen LogP contribution >= 0.6 is 0 Å². The first-order chi connectivity index (χ1) is 10.2. The van der Waals surface area contributed by atoms with E-state index in [2.05, 4.69) is 36.5 Å². The lowest BCUT2D eigenvalue weighted by molar-refractivity contribution is -0.0690. The first-order valence-corrected chi connectivity index (χ1v) is 7.90. The molecule has 6 nitrogen and oxygen atoms in total. The van der Waals surface area contributed by atoms with Crippen LogP contribution in [0.2, 0.25) is 0 Å². The molecule has 0 radical (unpaired) electrons. The van der Waals surface area contributed by atoms with Gasteiger partial charge in [-0.25, -0.2) is 4.79 Å². The topological polar surface area (TPSA) is 68.2 Å². The Hall–Kier alpha value is -1.56. The lowest BCUT2D eigenvalue weighted by atomic mass is 9.95. The first kappa shape index (κ1) is 16.8. The van der Waals surface area contributed by atoms with Gasteiger partial charge >= 0.3 is 6.03 Å². The Balaban J connectivity index is 1.76. The highest BCUT2D eigenvalue weighted by Crippen LogP contribution is 2.37. The number of ether oxygens (including phenoxy) is 1. The average molecular weight is 308 g/mol. The second kappa shape index (κ2) is 6.28. The molecule has 1 aliphatic rings. The highest BCUT2D eigenvalue weighted by atomic mass is 16.5. The molecule has 0 aromatic carbocycles. The zero-order chi connectivity index (χ0) is 16.4. The number of carbonyl (C=O) groups excluding carboxylic acids is 1. The Morgan fingerprint density at radius 1 is 1.45 bits per heavy atom. The van der Waals surface area contributed by atoms with Crippen molar-refractivity contribution in [3.05, 3.63) is 18.5 Å². The number of amides is 2. The fourth-order valence-electron chi connectivity index (χ4n) is 3.06. The van der Waals surface area contributed by atoms with Crippen LogP contribution in [0.5, 0.6) is 0 Å². The van der Waals surface area contributed by atoms with Crippen molar-refractivity contribution in [1.82, 2.24) is 20.4 Å². The van der Waals surface area contributed by atoms with Gasteiger partial charge in [0, 0.05) is 25.5 Å². The van der Waals surface area contributed by atoms with Crippen LogP contribution in [0.4, 0.5) is 4.79 Å². The number of hydrogen-bond acceptors (Lipinski definition) is 3. The molecule has 1 aliphatic heterocycles. The molecule has 22 heavy (non-hydrogen) atoms. The summed E-state index contributed by atoms with van der Waals surface area (Å²) in [5.74, 6) is 0.315. The normalized spacial score (nSPS) is 24.0. The minimum absolute atomic E-state index is 0.0175. The molecule has 6 heteroatoms. The second-order valence-corrected chi connectivity index (χ2v) is 7.41. The van der Waals surface area contributed by atoms with Gasteiger partial charge in [0.1, 0.15) is 0 Å². The lowest BCUT2D eigenvalue weighted by Gasteiger charge is -2.27. The fourth-order valence-corrected chi connectivity index (χ4v) is 3.06. The maximum Gasteiger partial charge on any atom is 0.315 e. The van der Waals surface area contributed by atoms with E-state index >= 15 is 0 Å². The molecule has 1 saturated heterocycles. The molecule has 0 spiro atoms. The van der Waals surface area contributed by atoms with E-state index in [1.54, 1.807) is 6.20 Å². The smallest absolute Gasteiger partial charge is 0.315 e. The molecule has 0 bridgehead atoms. The Bertz CT molecular complexity index is 496. The number of rotatable bonds is 5. The zero-order valence-corrected chi connectivity index (χ0v) is 14.2. The van der Waals surface area contributed by atoms with Crippen molar-refractivity contribution in [3.63, 3.8) is 0 Å². The van der Waals surface area contributed by atoms with E-state index in [4.69, 9.17) is 4.74 Å². The van der Waals surface area contributed by atoms with Crippen LogP contribution in [0.25, 0.3) is 0 Å². The third-order valence-corrected chi connectivity index (χ3v) is 4.05. The molecule has 1 fully saturated rings. The maximum absolute atomic E-state index is 12.1. The van der Waals surface area contributed by atoms with Gasteiger partial charge in [-0.3, -0.25) is 4.68 Å². The number of urea groups is 1. The van der Waals surface area contributed by atoms with E-state index in [-0.39, 0.29) is 23.3 Å². The predicted molar refractivity (Wildman–Crippen MR) is 85.6 cm³/mol. The van der Waals surface area contributed by atoms with Crippen LogP contribution in [-0.2, 0) is 11.3 Å². The van der Waals surface area contributed by atoms with E-state index in [0.717, 1.165) is 13.0 Å². The van der Waals surface area contributed by atoms with Gasteiger partial charge in [0.25, 0.3) is 0 Å². The van der Waals surface area contributed by atoms with Gasteiger partial charge in [0.05, 0.1) is 17.2 Å². The number of nitrogens with one attached hydrogen (secondary N) is 2. The molecule has 124 valence electrons. The number of carbonyl (C=O) groups is 1. The number of hydrogen-bond donors (Lipinski definition) is 2. The first-order valence-electron chi connectivity index (χ1n) is 7.90. The van der Waals surface area contributed by atoms with Crippen molar-refractivity contribution in [3.8, 4) is 0 Å². The summed E-state index contributed by atoms with van der Waals surface area (Å²) in [6, 6.07) is 1.78. The van der Waals surface area contributed by atoms with Gasteiger partial charge in [-0.05, 0) is 46.1 Å². The second-order valence-electron chi connectivity index (χ2n) is 7.41. The summed E-state index contributed by atoms with van der Waals surface area (Å²) in [5, 5.41) is 10.2. The summed E-state index contributed by atoms with van der Waals surface area (Å²) in [5.41, 5.74) is -0.545. The summed E-state index contributed by atoms with van der Waals surface area (Å²) in [6.45, 7) is 11.6. The molecule has 2 atom stereocenters. The number of aromatic nitrogens is 2. The fraction of sp³-hybridized carbons (Fsp3) is 0.750. The summed E-state index contributed by atoms with van der Waals surface area (Å²) in [4.78, 5) is 12.1. The Morgan fingerprint density at radius 3 is 2.73 bits per heavy atom. The zero-order valence-electron chi connectivity index (χ0n) is 14.2. The molecule has 0 unspecified atom stereocenters. The molecule has 1 aromatic rings. The quantitative estimate of drug-likeness (QED) is 0.876. The third kappa shape index (κ3) is 4.47. The van der Waals surface area contributed by atoms with Crippen LogP contribution in [0.15, 0.2) is 18.5 Å². The summed E-state index contributed by atoms with van der Waals surface area (Å²) < 4.78 is 7.87. The van der Waals surface area contributed by atoms with Crippen LogP contribution in [0, 0.1) is 5.92 Å². The van der Waals surface area contributed by atoms with Crippen LogP contribution in [0.3, 0.4) is 0 Å². The van der Waals surface area contributed by atoms with E-state index in [9.17, 15) is 4.79 Å². The van der Waals surface area contributed by atoms with Gasteiger partial charge in [0.2, 0.25) is 0 Å². The van der Waals surface area contributed by atoms with Crippen molar-refractivity contribution in [2.24, 2.45) is 5.92 Å². The Morgan fingerprint density at radius 2 is 2.18 bits per heavy atom. The van der Waals surface area contributed by atoms with Crippen molar-refractivity contribution >= 4 is 6.03 Å². The molecule has 2 rings (SSSR count). The summed E-state index contributed by atoms with van der Waals surface area (Å²) in [6.07, 6.45) is 4.50. The average Bonchev–Trinajstić information content (AvgIpc) is 2.93. The van der Waals surface area contributed by atoms with Gasteiger partial charge in [-0.1, -0.05) is 6.92 Å². The van der Waals surface area contributed by atoms with Crippen molar-refractivity contribution in [1.29, 1.82) is 0 Å². The Labute approximate surface area is 132 Å². The molecular weight excluding hydrogens is 280 g/mol. The molecule has 0 aliphatic carbocycles. The number of nitrogens with zero attached hydrogens (tertiary/aromatic N) is 2.